The Morgan fingerprint density at radius 2 is 1.58 bits per heavy atom. The molecule has 0 aliphatic carbocycles. The molecule has 2 unspecified atom stereocenters. The van der Waals surface area contributed by atoms with Gasteiger partial charge < -0.3 is 9.53 Å². The molecule has 0 saturated carbocycles. The Morgan fingerprint density at radius 1 is 1.08 bits per heavy atom. The summed E-state index contributed by atoms with van der Waals surface area (Å²) in [5.74, 6) is 0.521. The van der Waals surface area contributed by atoms with Crippen molar-refractivity contribution < 1.29 is 30.0 Å². The third-order valence-corrected chi connectivity index (χ3v) is 0.903. The van der Waals surface area contributed by atoms with E-state index in [4.69, 9.17) is 0 Å². The Hall–Kier alpha value is 0.212. The summed E-state index contributed by atoms with van der Waals surface area (Å²) >= 11 is 0. The number of ether oxygens (including phenoxy) is 1. The molecule has 0 heterocycles. The van der Waals surface area contributed by atoms with Gasteiger partial charge in [0, 0.05) is 0 Å². The summed E-state index contributed by atoms with van der Waals surface area (Å²) in [6.07, 6.45) is 0. The van der Waals surface area contributed by atoms with Crippen molar-refractivity contribution in [2.75, 3.05) is 0 Å². The number of carbonyl (C=O) groups excluding carboxylic acids is 1. The fourth-order valence-electron chi connectivity index (χ4n) is 0.537. The van der Waals surface area contributed by atoms with Gasteiger partial charge in [-0.05, 0) is 5.75 Å². The second-order valence-corrected chi connectivity index (χ2v) is 1.50. The molecule has 0 amide bonds. The van der Waals surface area contributed by atoms with E-state index in [1.807, 2.05) is 6.07 Å². The van der Waals surface area contributed by atoms with Gasteiger partial charge in [0.25, 0.3) is 0 Å². The van der Waals surface area contributed by atoms with Crippen LogP contribution in [-0.4, -0.2) is 6.47 Å². The first-order valence-electron chi connectivity index (χ1n) is 2.52. The Balaban J connectivity index is -0.000000270. The Labute approximate surface area is 92.4 Å². The molecular formula is C7H12O2P2Pd. The summed E-state index contributed by atoms with van der Waals surface area (Å²) in [5.41, 5.74) is 0. The molecule has 1 rings (SSSR count). The maximum absolute atomic E-state index is 9.63. The van der Waals surface area contributed by atoms with Crippen LogP contribution in [0.5, 0.6) is 5.75 Å². The van der Waals surface area contributed by atoms with Crippen LogP contribution in [0.1, 0.15) is 0 Å². The molecule has 0 spiro atoms. The van der Waals surface area contributed by atoms with E-state index in [2.05, 4.69) is 4.74 Å². The fourth-order valence-corrected chi connectivity index (χ4v) is 0.537. The second kappa shape index (κ2) is 11.2. The maximum atomic E-state index is 9.63. The van der Waals surface area contributed by atoms with Gasteiger partial charge in [0.1, 0.15) is 0 Å². The predicted octanol–water partition coefficient (Wildman–Crippen LogP) is 0.979. The topological polar surface area (TPSA) is 26.3 Å². The monoisotopic (exact) mass is 296 g/mol. The van der Waals surface area contributed by atoms with Crippen LogP contribution in [-0.2, 0) is 25.2 Å². The third-order valence-electron chi connectivity index (χ3n) is 0.903. The van der Waals surface area contributed by atoms with Crippen LogP contribution in [0, 0.1) is 0 Å². The molecule has 1 radical (unpaired) electrons. The summed E-state index contributed by atoms with van der Waals surface area (Å²) < 4.78 is 4.40. The molecule has 0 saturated heterocycles. The van der Waals surface area contributed by atoms with Crippen LogP contribution in [0.2, 0.25) is 0 Å². The molecule has 0 aromatic heterocycles. The summed E-state index contributed by atoms with van der Waals surface area (Å²) in [6, 6.07) is 8.78. The molecule has 0 fully saturated rings. The second-order valence-electron chi connectivity index (χ2n) is 1.50. The average Bonchev–Trinajstić information content (AvgIpc) is 1.91. The Kier molecular flexibility index (Phi) is 16.9. The van der Waals surface area contributed by atoms with Gasteiger partial charge in [-0.1, -0.05) is 18.2 Å². The van der Waals surface area contributed by atoms with Gasteiger partial charge in [-0.25, -0.2) is 0 Å². The first-order valence-corrected chi connectivity index (χ1v) is 2.52. The van der Waals surface area contributed by atoms with Crippen molar-refractivity contribution in [3.8, 4) is 5.75 Å². The molecule has 2 nitrogen and oxygen atoms in total. The van der Waals surface area contributed by atoms with Gasteiger partial charge in [-0.2, -0.15) is 19.8 Å². The van der Waals surface area contributed by atoms with E-state index >= 15 is 0 Å². The molecule has 0 aliphatic heterocycles. The van der Waals surface area contributed by atoms with Gasteiger partial charge in [-0.15, -0.1) is 12.1 Å². The van der Waals surface area contributed by atoms with Crippen molar-refractivity contribution in [2.45, 2.75) is 0 Å². The zero-order valence-electron chi connectivity index (χ0n) is 6.45. The van der Waals surface area contributed by atoms with Crippen molar-refractivity contribution >= 4 is 26.3 Å². The van der Waals surface area contributed by atoms with E-state index in [9.17, 15) is 4.79 Å². The van der Waals surface area contributed by atoms with E-state index in [0.29, 0.717) is 5.75 Å². The molecule has 5 heteroatoms. The van der Waals surface area contributed by atoms with Crippen LogP contribution < -0.4 is 4.74 Å². The van der Waals surface area contributed by atoms with Crippen molar-refractivity contribution in [3.05, 3.63) is 30.3 Å². The first kappa shape index (κ1) is 18.1. The number of hydrogen-bond donors (Lipinski definition) is 0. The molecular weight excluding hydrogens is 284 g/mol. The van der Waals surface area contributed by atoms with Crippen LogP contribution in [0.25, 0.3) is 0 Å². The minimum absolute atomic E-state index is 0. The Bertz CT molecular complexity index is 194. The van der Waals surface area contributed by atoms with Crippen molar-refractivity contribution in [3.63, 3.8) is 0 Å². The molecule has 72 valence electrons. The summed E-state index contributed by atoms with van der Waals surface area (Å²) in [4.78, 5) is 9.63. The molecule has 2 atom stereocenters. The SMILES string of the molecule is O=[C-]Oc1ccccc1.P.P.[PdH+]. The van der Waals surface area contributed by atoms with Crippen LogP contribution in [0.4, 0.5) is 0 Å². The average molecular weight is 297 g/mol. The predicted molar refractivity (Wildman–Crippen MR) is 56.4 cm³/mol. The van der Waals surface area contributed by atoms with Gasteiger partial charge in [0.05, 0.1) is 0 Å². The van der Waals surface area contributed by atoms with Gasteiger partial charge in [0.2, 0.25) is 0 Å². The molecule has 0 aliphatic rings. The summed E-state index contributed by atoms with van der Waals surface area (Å²) in [7, 11) is 0. The van der Waals surface area contributed by atoms with Gasteiger partial charge in [-0.3, -0.25) is 0 Å². The van der Waals surface area contributed by atoms with E-state index in [1.165, 1.54) is 6.47 Å². The van der Waals surface area contributed by atoms with Crippen LogP contribution >= 0.6 is 19.8 Å². The quantitative estimate of drug-likeness (QED) is 0.462. The van der Waals surface area contributed by atoms with E-state index in [-0.39, 0.29) is 40.2 Å². The van der Waals surface area contributed by atoms with Crippen LogP contribution in [0.15, 0.2) is 30.3 Å². The van der Waals surface area contributed by atoms with Gasteiger partial charge in [0.15, 0.2) is 6.47 Å². The summed E-state index contributed by atoms with van der Waals surface area (Å²) in [6.45, 7) is 1.33. The summed E-state index contributed by atoms with van der Waals surface area (Å²) in [5, 5.41) is 0. The van der Waals surface area contributed by atoms with E-state index in [0.717, 1.165) is 0 Å². The third kappa shape index (κ3) is 6.89. The van der Waals surface area contributed by atoms with Crippen molar-refractivity contribution in [1.82, 2.24) is 0 Å². The van der Waals surface area contributed by atoms with Crippen LogP contribution in [0.3, 0.4) is 0 Å². The minimum atomic E-state index is 0. The standard InChI is InChI=1S/C7H5O2.2H3P.Pd.H/c8-6-9-7-4-2-1-3-5-7;;;;/h1-5H;2*1H3;;/q-1;;;+1;. The number of hydrogen-bond acceptors (Lipinski definition) is 2. The van der Waals surface area contributed by atoms with E-state index < -0.39 is 0 Å². The molecule has 0 N–H and O–H groups in total. The molecule has 0 bridgehead atoms. The van der Waals surface area contributed by atoms with Crippen molar-refractivity contribution in [2.24, 2.45) is 0 Å². The van der Waals surface area contributed by atoms with E-state index in [1.54, 1.807) is 24.3 Å². The molecule has 12 heavy (non-hydrogen) atoms. The number of rotatable bonds is 2. The molecule has 1 aromatic carbocycles. The van der Waals surface area contributed by atoms with Gasteiger partial charge >= 0.3 is 20.4 Å². The van der Waals surface area contributed by atoms with Crippen molar-refractivity contribution in [1.29, 1.82) is 0 Å². The molecule has 1 aromatic rings. The first-order chi connectivity index (χ1) is 4.43. The number of benzene rings is 1. The zero-order valence-corrected chi connectivity index (χ0v) is 10.9. The fraction of sp³-hybridized carbons (Fsp3) is 0. The Morgan fingerprint density at radius 3 is 2.00 bits per heavy atom. The zero-order chi connectivity index (χ0) is 6.53. The normalized spacial score (nSPS) is 6.33. The number of para-hydroxylation sites is 1.